The number of carboxylic acids is 1. The average Bonchev–Trinajstić information content (AvgIpc) is 2.82. The fraction of sp³-hybridized carbons (Fsp3) is 0.643. The molecule has 1 aromatic heterocycles. The van der Waals surface area contributed by atoms with E-state index < -0.39 is 5.97 Å². The largest absolute Gasteiger partial charge is 0.481 e. The molecule has 0 unspecified atom stereocenters. The van der Waals surface area contributed by atoms with Crippen molar-refractivity contribution in [1.29, 1.82) is 0 Å². The highest BCUT2D eigenvalue weighted by Crippen LogP contribution is 2.21. The molecule has 6 heteroatoms. The van der Waals surface area contributed by atoms with Gasteiger partial charge in [-0.25, -0.2) is 0 Å². The lowest BCUT2D eigenvalue weighted by molar-refractivity contribution is -0.138. The molecule has 1 saturated heterocycles. The maximum atomic E-state index is 12.1. The number of likely N-dealkylation sites (tertiary alicyclic amines) is 1. The van der Waals surface area contributed by atoms with Crippen molar-refractivity contribution >= 4 is 11.9 Å². The molecule has 110 valence electrons. The third-order valence-corrected chi connectivity index (χ3v) is 3.95. The van der Waals surface area contributed by atoms with Gasteiger partial charge >= 0.3 is 5.97 Å². The van der Waals surface area contributed by atoms with E-state index in [-0.39, 0.29) is 18.2 Å². The number of aromatic nitrogens is 2. The van der Waals surface area contributed by atoms with Crippen molar-refractivity contribution < 1.29 is 14.7 Å². The van der Waals surface area contributed by atoms with Gasteiger partial charge in [0.15, 0.2) is 0 Å². The minimum atomic E-state index is -0.744. The van der Waals surface area contributed by atoms with Crippen LogP contribution in [0.4, 0.5) is 0 Å². The molecule has 1 fully saturated rings. The SMILES string of the molecule is Cn1nccc1CCC(=O)N1CCC(CC(=O)O)CC1. The summed E-state index contributed by atoms with van der Waals surface area (Å²) in [5, 5.41) is 12.8. The number of hydrogen-bond acceptors (Lipinski definition) is 3. The van der Waals surface area contributed by atoms with Crippen LogP contribution >= 0.6 is 0 Å². The fourth-order valence-corrected chi connectivity index (χ4v) is 2.67. The van der Waals surface area contributed by atoms with Gasteiger partial charge in [0.05, 0.1) is 0 Å². The first-order valence-corrected chi connectivity index (χ1v) is 7.02. The monoisotopic (exact) mass is 279 g/mol. The van der Waals surface area contributed by atoms with E-state index in [9.17, 15) is 9.59 Å². The first-order valence-electron chi connectivity index (χ1n) is 7.02. The molecule has 0 bridgehead atoms. The van der Waals surface area contributed by atoms with E-state index in [4.69, 9.17) is 5.11 Å². The van der Waals surface area contributed by atoms with Gasteiger partial charge in [0.25, 0.3) is 0 Å². The van der Waals surface area contributed by atoms with Gasteiger partial charge in [-0.05, 0) is 31.2 Å². The molecule has 6 nitrogen and oxygen atoms in total. The van der Waals surface area contributed by atoms with E-state index >= 15 is 0 Å². The van der Waals surface area contributed by atoms with E-state index in [1.54, 1.807) is 10.9 Å². The summed E-state index contributed by atoms with van der Waals surface area (Å²) in [6.45, 7) is 1.37. The summed E-state index contributed by atoms with van der Waals surface area (Å²) in [5.74, 6) is -0.375. The molecule has 0 aliphatic carbocycles. The Morgan fingerprint density at radius 1 is 1.40 bits per heavy atom. The van der Waals surface area contributed by atoms with Crippen molar-refractivity contribution in [3.8, 4) is 0 Å². The highest BCUT2D eigenvalue weighted by Gasteiger charge is 2.24. The molecule has 1 aliphatic rings. The second kappa shape index (κ2) is 6.54. The minimum Gasteiger partial charge on any atom is -0.481 e. The van der Waals surface area contributed by atoms with Crippen molar-refractivity contribution in [1.82, 2.24) is 14.7 Å². The van der Waals surface area contributed by atoms with Gasteiger partial charge in [0.2, 0.25) is 5.91 Å². The van der Waals surface area contributed by atoms with Gasteiger partial charge in [0.1, 0.15) is 0 Å². The van der Waals surface area contributed by atoms with Gasteiger partial charge in [0, 0.05) is 44.9 Å². The zero-order chi connectivity index (χ0) is 14.5. The first kappa shape index (κ1) is 14.6. The second-order valence-electron chi connectivity index (χ2n) is 5.37. The molecule has 2 rings (SSSR count). The van der Waals surface area contributed by atoms with Crippen molar-refractivity contribution in [2.24, 2.45) is 13.0 Å². The predicted octanol–water partition coefficient (Wildman–Crippen LogP) is 1.07. The number of rotatable bonds is 5. The smallest absolute Gasteiger partial charge is 0.303 e. The molecule has 0 atom stereocenters. The van der Waals surface area contributed by atoms with E-state index in [0.717, 1.165) is 18.5 Å². The van der Waals surface area contributed by atoms with Gasteiger partial charge in [-0.3, -0.25) is 14.3 Å². The lowest BCUT2D eigenvalue weighted by Gasteiger charge is -2.31. The Kier molecular flexibility index (Phi) is 4.76. The molecule has 1 amide bonds. The molecule has 0 radical (unpaired) electrons. The van der Waals surface area contributed by atoms with Crippen LogP contribution < -0.4 is 0 Å². The van der Waals surface area contributed by atoms with Crippen LogP contribution in [0.15, 0.2) is 12.3 Å². The molecule has 2 heterocycles. The van der Waals surface area contributed by atoms with Crippen LogP contribution in [0.1, 0.15) is 31.4 Å². The van der Waals surface area contributed by atoms with Gasteiger partial charge < -0.3 is 10.0 Å². The van der Waals surface area contributed by atoms with Gasteiger partial charge in [-0.15, -0.1) is 0 Å². The van der Waals surface area contributed by atoms with Crippen LogP contribution in [0.3, 0.4) is 0 Å². The van der Waals surface area contributed by atoms with Gasteiger partial charge in [-0.1, -0.05) is 0 Å². The summed E-state index contributed by atoms with van der Waals surface area (Å²) in [6.07, 6.45) is 4.73. The number of nitrogens with zero attached hydrogens (tertiary/aromatic N) is 3. The number of carboxylic acid groups (broad SMARTS) is 1. The number of piperidine rings is 1. The minimum absolute atomic E-state index is 0.153. The quantitative estimate of drug-likeness (QED) is 0.874. The Labute approximate surface area is 118 Å². The maximum absolute atomic E-state index is 12.1. The van der Waals surface area contributed by atoms with Crippen LogP contribution in [0.2, 0.25) is 0 Å². The highest BCUT2D eigenvalue weighted by atomic mass is 16.4. The van der Waals surface area contributed by atoms with Crippen LogP contribution in [-0.4, -0.2) is 44.8 Å². The highest BCUT2D eigenvalue weighted by molar-refractivity contribution is 5.76. The molecular formula is C14H21N3O3. The Balaban J connectivity index is 1.74. The molecular weight excluding hydrogens is 258 g/mol. The Bertz CT molecular complexity index is 476. The third-order valence-electron chi connectivity index (χ3n) is 3.95. The Morgan fingerprint density at radius 3 is 2.65 bits per heavy atom. The number of carbonyl (C=O) groups excluding carboxylic acids is 1. The van der Waals surface area contributed by atoms with E-state index in [2.05, 4.69) is 5.10 Å². The van der Waals surface area contributed by atoms with Crippen LogP contribution in [0.25, 0.3) is 0 Å². The lowest BCUT2D eigenvalue weighted by Crippen LogP contribution is -2.39. The molecule has 1 aliphatic heterocycles. The normalized spacial score (nSPS) is 16.4. The van der Waals surface area contributed by atoms with Gasteiger partial charge in [-0.2, -0.15) is 5.10 Å². The third kappa shape index (κ3) is 3.82. The topological polar surface area (TPSA) is 75.4 Å². The van der Waals surface area contributed by atoms with Crippen LogP contribution in [0, 0.1) is 5.92 Å². The summed E-state index contributed by atoms with van der Waals surface area (Å²) in [6, 6.07) is 1.92. The molecule has 0 saturated carbocycles. The Morgan fingerprint density at radius 2 is 2.10 bits per heavy atom. The predicted molar refractivity (Wildman–Crippen MR) is 73.1 cm³/mol. The van der Waals surface area contributed by atoms with E-state index in [0.29, 0.717) is 25.9 Å². The molecule has 0 spiro atoms. The summed E-state index contributed by atoms with van der Waals surface area (Å²) < 4.78 is 1.78. The van der Waals surface area contributed by atoms with Crippen LogP contribution in [-0.2, 0) is 23.1 Å². The van der Waals surface area contributed by atoms with E-state index in [1.807, 2.05) is 18.0 Å². The first-order chi connectivity index (χ1) is 9.56. The number of carbonyl (C=O) groups is 2. The van der Waals surface area contributed by atoms with Crippen molar-refractivity contribution in [2.75, 3.05) is 13.1 Å². The maximum Gasteiger partial charge on any atom is 0.303 e. The van der Waals surface area contributed by atoms with Crippen LogP contribution in [0.5, 0.6) is 0 Å². The van der Waals surface area contributed by atoms with E-state index in [1.165, 1.54) is 0 Å². The molecule has 0 aromatic carbocycles. The van der Waals surface area contributed by atoms with Crippen molar-refractivity contribution in [3.63, 3.8) is 0 Å². The number of aliphatic carboxylic acids is 1. The number of aryl methyl sites for hydroxylation is 2. The van der Waals surface area contributed by atoms with Crippen molar-refractivity contribution in [2.45, 2.75) is 32.1 Å². The molecule has 1 aromatic rings. The second-order valence-corrected chi connectivity index (χ2v) is 5.37. The fourth-order valence-electron chi connectivity index (χ4n) is 2.67. The lowest BCUT2D eigenvalue weighted by atomic mass is 9.93. The standard InChI is InChI=1S/C14H21N3O3/c1-16-12(4-7-15-16)2-3-13(18)17-8-5-11(6-9-17)10-14(19)20/h4,7,11H,2-3,5-6,8-10H2,1H3,(H,19,20). The summed E-state index contributed by atoms with van der Waals surface area (Å²) in [7, 11) is 1.87. The summed E-state index contributed by atoms with van der Waals surface area (Å²) in [5.41, 5.74) is 1.05. The number of hydrogen-bond donors (Lipinski definition) is 1. The zero-order valence-electron chi connectivity index (χ0n) is 11.8. The summed E-state index contributed by atoms with van der Waals surface area (Å²) >= 11 is 0. The number of amides is 1. The van der Waals surface area contributed by atoms with Crippen molar-refractivity contribution in [3.05, 3.63) is 18.0 Å². The Hall–Kier alpha value is -1.85. The zero-order valence-corrected chi connectivity index (χ0v) is 11.8. The summed E-state index contributed by atoms with van der Waals surface area (Å²) in [4.78, 5) is 24.6. The average molecular weight is 279 g/mol. The molecule has 20 heavy (non-hydrogen) atoms. The molecule has 1 N–H and O–H groups in total.